The third-order valence-electron chi connectivity index (χ3n) is 6.88. The highest BCUT2D eigenvalue weighted by atomic mass is 19.2. The Morgan fingerprint density at radius 3 is 2.14 bits per heavy atom. The summed E-state index contributed by atoms with van der Waals surface area (Å²) in [6, 6.07) is 6.98. The molecular weight excluding hydrogens is 456 g/mol. The van der Waals surface area contributed by atoms with Crippen LogP contribution < -0.4 is 15.1 Å². The van der Waals surface area contributed by atoms with Gasteiger partial charge in [0.05, 0.1) is 6.10 Å². The predicted molar refractivity (Wildman–Crippen MR) is 129 cm³/mol. The van der Waals surface area contributed by atoms with Gasteiger partial charge >= 0.3 is 6.03 Å². The first kappa shape index (κ1) is 23.7. The second-order valence-corrected chi connectivity index (χ2v) is 9.21. The van der Waals surface area contributed by atoms with E-state index in [2.05, 4.69) is 30.2 Å². The molecule has 1 unspecified atom stereocenters. The Kier molecular flexibility index (Phi) is 7.24. The molecule has 0 spiro atoms. The topological polar surface area (TPSA) is 77.1 Å². The smallest absolute Gasteiger partial charge is 0.321 e. The zero-order valence-corrected chi connectivity index (χ0v) is 19.7. The first-order valence-corrected chi connectivity index (χ1v) is 12.2. The maximum atomic E-state index is 13.4. The summed E-state index contributed by atoms with van der Waals surface area (Å²) in [6.07, 6.45) is 2.73. The second-order valence-electron chi connectivity index (χ2n) is 9.21. The summed E-state index contributed by atoms with van der Waals surface area (Å²) >= 11 is 0. The van der Waals surface area contributed by atoms with Gasteiger partial charge in [0.2, 0.25) is 0 Å². The van der Waals surface area contributed by atoms with E-state index in [0.29, 0.717) is 32.3 Å². The van der Waals surface area contributed by atoms with Crippen molar-refractivity contribution >= 4 is 23.4 Å². The third kappa shape index (κ3) is 5.79. The normalized spacial score (nSPS) is 21.4. The van der Waals surface area contributed by atoms with E-state index in [4.69, 9.17) is 4.74 Å². The quantitative estimate of drug-likeness (QED) is 0.694. The van der Waals surface area contributed by atoms with E-state index in [0.717, 1.165) is 63.1 Å². The van der Waals surface area contributed by atoms with Crippen LogP contribution in [0.5, 0.6) is 0 Å². The number of piperazine rings is 2. The van der Waals surface area contributed by atoms with Gasteiger partial charge in [0.25, 0.3) is 0 Å². The molecule has 4 heterocycles. The Balaban J connectivity index is 1.08. The van der Waals surface area contributed by atoms with Crippen molar-refractivity contribution in [2.45, 2.75) is 18.9 Å². The van der Waals surface area contributed by atoms with E-state index in [9.17, 15) is 13.6 Å². The first-order chi connectivity index (χ1) is 17.0. The van der Waals surface area contributed by atoms with Gasteiger partial charge in [0.15, 0.2) is 23.3 Å². The Bertz CT molecular complexity index is 1000. The summed E-state index contributed by atoms with van der Waals surface area (Å²) in [6.45, 7) is 7.96. The molecule has 1 aromatic heterocycles. The Morgan fingerprint density at radius 2 is 1.57 bits per heavy atom. The molecule has 0 saturated carbocycles. The fourth-order valence-corrected chi connectivity index (χ4v) is 4.81. The molecule has 9 nitrogen and oxygen atoms in total. The number of nitrogens with one attached hydrogen (secondary N) is 1. The lowest BCUT2D eigenvalue weighted by Gasteiger charge is -2.37. The van der Waals surface area contributed by atoms with Crippen LogP contribution in [-0.4, -0.2) is 97.6 Å². The average Bonchev–Trinajstić information content (AvgIpc) is 3.40. The highest BCUT2D eigenvalue weighted by Crippen LogP contribution is 2.20. The standard InChI is InChI=1S/C24H31F2N7O2/c25-20-4-3-18(16-21(20)26)27-24(34)33-13-11-32(12-14-33)23-6-5-22(28-29-23)31-9-7-30(8-10-31)17-19-2-1-15-35-19/h3-6,16,19H,1-2,7-15,17H2,(H,27,34). The molecule has 2 amide bonds. The van der Waals surface area contributed by atoms with Crippen molar-refractivity contribution in [3.05, 3.63) is 42.0 Å². The molecule has 3 aliphatic heterocycles. The first-order valence-electron chi connectivity index (χ1n) is 12.2. The molecular formula is C24H31F2N7O2. The van der Waals surface area contributed by atoms with Crippen molar-refractivity contribution in [3.8, 4) is 0 Å². The number of anilines is 3. The number of benzene rings is 1. The molecule has 1 aromatic carbocycles. The molecule has 3 fully saturated rings. The molecule has 0 aliphatic carbocycles. The molecule has 3 saturated heterocycles. The highest BCUT2D eigenvalue weighted by Gasteiger charge is 2.25. The van der Waals surface area contributed by atoms with Crippen LogP contribution in [-0.2, 0) is 4.74 Å². The van der Waals surface area contributed by atoms with Crippen LogP contribution in [0, 0.1) is 11.6 Å². The Morgan fingerprint density at radius 1 is 0.914 bits per heavy atom. The molecule has 11 heteroatoms. The lowest BCUT2D eigenvalue weighted by Crippen LogP contribution is -2.50. The molecule has 0 bridgehead atoms. The van der Waals surface area contributed by atoms with E-state index in [1.54, 1.807) is 4.90 Å². The number of aromatic nitrogens is 2. The van der Waals surface area contributed by atoms with Gasteiger partial charge in [-0.15, -0.1) is 10.2 Å². The Hall–Kier alpha value is -3.05. The minimum atomic E-state index is -0.991. The maximum Gasteiger partial charge on any atom is 0.321 e. The molecule has 0 radical (unpaired) electrons. The number of amides is 2. The fraction of sp³-hybridized carbons (Fsp3) is 0.542. The van der Waals surface area contributed by atoms with Crippen LogP contribution >= 0.6 is 0 Å². The Labute approximate surface area is 203 Å². The van der Waals surface area contributed by atoms with Crippen molar-refractivity contribution in [3.63, 3.8) is 0 Å². The molecule has 2 aromatic rings. The molecule has 188 valence electrons. The van der Waals surface area contributed by atoms with E-state index in [1.807, 2.05) is 12.1 Å². The zero-order chi connectivity index (χ0) is 24.2. The fourth-order valence-electron chi connectivity index (χ4n) is 4.81. The average molecular weight is 488 g/mol. The van der Waals surface area contributed by atoms with Crippen molar-refractivity contribution in [2.75, 3.05) is 80.6 Å². The lowest BCUT2D eigenvalue weighted by atomic mass is 10.2. The molecule has 1 N–H and O–H groups in total. The van der Waals surface area contributed by atoms with Crippen LogP contribution in [0.25, 0.3) is 0 Å². The van der Waals surface area contributed by atoms with E-state index < -0.39 is 11.6 Å². The predicted octanol–water partition coefficient (Wildman–Crippen LogP) is 2.41. The van der Waals surface area contributed by atoms with Gasteiger partial charge in [-0.3, -0.25) is 4.90 Å². The van der Waals surface area contributed by atoms with Gasteiger partial charge in [0.1, 0.15) is 0 Å². The number of carbonyl (C=O) groups excluding carboxylic acids is 1. The molecule has 35 heavy (non-hydrogen) atoms. The number of ether oxygens (including phenoxy) is 1. The van der Waals surface area contributed by atoms with Gasteiger partial charge in [0, 0.05) is 77.3 Å². The molecule has 1 atom stereocenters. The number of halogens is 2. The summed E-state index contributed by atoms with van der Waals surface area (Å²) in [7, 11) is 0. The number of hydrogen-bond donors (Lipinski definition) is 1. The van der Waals surface area contributed by atoms with Gasteiger partial charge in [-0.25, -0.2) is 13.6 Å². The minimum Gasteiger partial charge on any atom is -0.377 e. The summed E-state index contributed by atoms with van der Waals surface area (Å²) in [5, 5.41) is 11.5. The summed E-state index contributed by atoms with van der Waals surface area (Å²) in [5.41, 5.74) is 0.227. The number of hydrogen-bond acceptors (Lipinski definition) is 7. The van der Waals surface area contributed by atoms with E-state index in [1.165, 1.54) is 18.9 Å². The second kappa shape index (κ2) is 10.7. The minimum absolute atomic E-state index is 0.227. The monoisotopic (exact) mass is 487 g/mol. The lowest BCUT2D eigenvalue weighted by molar-refractivity contribution is 0.0712. The van der Waals surface area contributed by atoms with Crippen LogP contribution in [0.3, 0.4) is 0 Å². The SMILES string of the molecule is O=C(Nc1ccc(F)c(F)c1)N1CCN(c2ccc(N3CCN(CC4CCCO4)CC3)nn2)CC1. The summed E-state index contributed by atoms with van der Waals surface area (Å²) in [5.74, 6) is -0.267. The number of carbonyl (C=O) groups is 1. The van der Waals surface area contributed by atoms with Gasteiger partial charge in [-0.2, -0.15) is 0 Å². The zero-order valence-electron chi connectivity index (χ0n) is 19.7. The van der Waals surface area contributed by atoms with Crippen molar-refractivity contribution in [1.29, 1.82) is 0 Å². The van der Waals surface area contributed by atoms with Crippen LogP contribution in [0.4, 0.5) is 30.9 Å². The molecule has 5 rings (SSSR count). The van der Waals surface area contributed by atoms with Crippen molar-refractivity contribution in [2.24, 2.45) is 0 Å². The summed E-state index contributed by atoms with van der Waals surface area (Å²) < 4.78 is 32.2. The highest BCUT2D eigenvalue weighted by molar-refractivity contribution is 5.89. The van der Waals surface area contributed by atoms with Gasteiger partial charge < -0.3 is 24.8 Å². The summed E-state index contributed by atoms with van der Waals surface area (Å²) in [4.78, 5) is 21.0. The maximum absolute atomic E-state index is 13.4. The van der Waals surface area contributed by atoms with Gasteiger partial charge in [-0.1, -0.05) is 0 Å². The van der Waals surface area contributed by atoms with Crippen LogP contribution in [0.15, 0.2) is 30.3 Å². The number of rotatable bonds is 5. The number of nitrogens with zero attached hydrogens (tertiary/aromatic N) is 6. The van der Waals surface area contributed by atoms with E-state index >= 15 is 0 Å². The van der Waals surface area contributed by atoms with Crippen molar-refractivity contribution < 1.29 is 18.3 Å². The molecule has 3 aliphatic rings. The van der Waals surface area contributed by atoms with E-state index in [-0.39, 0.29) is 11.7 Å². The van der Waals surface area contributed by atoms with Crippen LogP contribution in [0.2, 0.25) is 0 Å². The van der Waals surface area contributed by atoms with Crippen LogP contribution in [0.1, 0.15) is 12.8 Å². The van der Waals surface area contributed by atoms with Gasteiger partial charge in [-0.05, 0) is 37.1 Å². The van der Waals surface area contributed by atoms with Crippen molar-refractivity contribution in [1.82, 2.24) is 20.0 Å². The largest absolute Gasteiger partial charge is 0.377 e. The third-order valence-corrected chi connectivity index (χ3v) is 6.88. The number of urea groups is 1.